The van der Waals surface area contributed by atoms with Gasteiger partial charge in [-0.1, -0.05) is 0 Å². The predicted octanol–water partition coefficient (Wildman–Crippen LogP) is 3.60. The molecule has 0 spiro atoms. The molecule has 122 valence electrons. The molecule has 4 nitrogen and oxygen atoms in total. The molecule has 1 aromatic rings. The average Bonchev–Trinajstić information content (AvgIpc) is 2.82. The molecule has 1 atom stereocenters. The van der Waals surface area contributed by atoms with Gasteiger partial charge in [0, 0.05) is 37.2 Å². The van der Waals surface area contributed by atoms with Crippen molar-refractivity contribution in [2.45, 2.75) is 32.8 Å². The molecule has 0 aliphatic carbocycles. The van der Waals surface area contributed by atoms with Crippen molar-refractivity contribution in [3.8, 4) is 5.75 Å². The first-order valence-electron chi connectivity index (χ1n) is 7.30. The minimum atomic E-state index is -0.670. The molecule has 1 fully saturated rings. The monoisotopic (exact) mass is 313 g/mol. The predicted molar refractivity (Wildman–Crippen MR) is 77.8 cm³/mol. The summed E-state index contributed by atoms with van der Waals surface area (Å²) in [6, 6.07) is 3.08. The number of amides is 1. The summed E-state index contributed by atoms with van der Waals surface area (Å²) in [4.78, 5) is 13.6. The highest BCUT2D eigenvalue weighted by Crippen LogP contribution is 2.22. The fourth-order valence-electron chi connectivity index (χ4n) is 2.29. The van der Waals surface area contributed by atoms with Crippen LogP contribution in [0.3, 0.4) is 0 Å². The van der Waals surface area contributed by atoms with Crippen molar-refractivity contribution < 1.29 is 23.0 Å². The molecule has 1 aromatic carbocycles. The molecule has 0 saturated carbocycles. The van der Waals surface area contributed by atoms with Crippen molar-refractivity contribution in [1.82, 2.24) is 4.90 Å². The fourth-order valence-corrected chi connectivity index (χ4v) is 2.29. The molecule has 1 heterocycles. The van der Waals surface area contributed by atoms with Crippen LogP contribution in [0.15, 0.2) is 18.2 Å². The number of nitrogens with zero attached hydrogens (tertiary/aromatic N) is 1. The number of hydrogen-bond acceptors (Lipinski definition) is 3. The smallest absolute Gasteiger partial charge is 0.410 e. The van der Waals surface area contributed by atoms with E-state index in [4.69, 9.17) is 9.47 Å². The van der Waals surface area contributed by atoms with Crippen molar-refractivity contribution in [3.05, 3.63) is 29.8 Å². The zero-order valence-electron chi connectivity index (χ0n) is 13.1. The Morgan fingerprint density at radius 2 is 1.91 bits per heavy atom. The van der Waals surface area contributed by atoms with Gasteiger partial charge in [0.25, 0.3) is 0 Å². The van der Waals surface area contributed by atoms with Gasteiger partial charge in [0.05, 0.1) is 6.61 Å². The summed E-state index contributed by atoms with van der Waals surface area (Å²) in [6.45, 7) is 6.88. The quantitative estimate of drug-likeness (QED) is 0.856. The van der Waals surface area contributed by atoms with Crippen molar-refractivity contribution >= 4 is 6.09 Å². The number of hydrogen-bond donors (Lipinski definition) is 0. The number of ether oxygens (including phenoxy) is 2. The van der Waals surface area contributed by atoms with E-state index in [-0.39, 0.29) is 17.8 Å². The van der Waals surface area contributed by atoms with E-state index in [0.717, 1.165) is 24.6 Å². The van der Waals surface area contributed by atoms with Gasteiger partial charge in [-0.25, -0.2) is 13.6 Å². The van der Waals surface area contributed by atoms with Crippen molar-refractivity contribution in [1.29, 1.82) is 0 Å². The molecule has 1 saturated heterocycles. The largest absolute Gasteiger partial charge is 0.493 e. The summed E-state index contributed by atoms with van der Waals surface area (Å²) in [5, 5.41) is 0. The van der Waals surface area contributed by atoms with E-state index in [1.807, 2.05) is 20.8 Å². The molecule has 1 unspecified atom stereocenters. The van der Waals surface area contributed by atoms with Gasteiger partial charge in [-0.3, -0.25) is 0 Å². The Balaban J connectivity index is 1.82. The van der Waals surface area contributed by atoms with Gasteiger partial charge in [0.15, 0.2) is 0 Å². The van der Waals surface area contributed by atoms with E-state index in [9.17, 15) is 13.6 Å². The number of carbonyl (C=O) groups excluding carboxylic acids is 1. The lowest BCUT2D eigenvalue weighted by atomic mass is 10.1. The van der Waals surface area contributed by atoms with E-state index in [0.29, 0.717) is 19.7 Å². The van der Waals surface area contributed by atoms with Crippen LogP contribution >= 0.6 is 0 Å². The van der Waals surface area contributed by atoms with Crippen molar-refractivity contribution in [2.75, 3.05) is 19.7 Å². The van der Waals surface area contributed by atoms with Crippen LogP contribution in [-0.2, 0) is 4.74 Å². The van der Waals surface area contributed by atoms with Crippen LogP contribution in [0, 0.1) is 17.6 Å². The minimum absolute atomic E-state index is 0.124. The lowest BCUT2D eigenvalue weighted by Gasteiger charge is -2.24. The minimum Gasteiger partial charge on any atom is -0.493 e. The highest BCUT2D eigenvalue weighted by atomic mass is 19.1. The molecule has 0 bridgehead atoms. The Morgan fingerprint density at radius 3 is 2.50 bits per heavy atom. The molecule has 1 aliphatic rings. The highest BCUT2D eigenvalue weighted by Gasteiger charge is 2.30. The van der Waals surface area contributed by atoms with E-state index < -0.39 is 17.2 Å². The molecule has 22 heavy (non-hydrogen) atoms. The van der Waals surface area contributed by atoms with Gasteiger partial charge in [-0.2, -0.15) is 0 Å². The molecule has 0 radical (unpaired) electrons. The lowest BCUT2D eigenvalue weighted by Crippen LogP contribution is -2.35. The molecular weight excluding hydrogens is 292 g/mol. The van der Waals surface area contributed by atoms with Gasteiger partial charge in [-0.05, 0) is 27.2 Å². The maximum Gasteiger partial charge on any atom is 0.410 e. The van der Waals surface area contributed by atoms with E-state index in [2.05, 4.69) is 0 Å². The van der Waals surface area contributed by atoms with Crippen LogP contribution in [-0.4, -0.2) is 36.3 Å². The Bertz CT molecular complexity index is 522. The summed E-state index contributed by atoms with van der Waals surface area (Å²) >= 11 is 0. The number of carbonyl (C=O) groups is 1. The van der Waals surface area contributed by atoms with Crippen LogP contribution in [0.4, 0.5) is 13.6 Å². The third kappa shape index (κ3) is 4.86. The maximum absolute atomic E-state index is 13.1. The number of rotatable bonds is 3. The second-order valence-electron chi connectivity index (χ2n) is 6.50. The lowest BCUT2D eigenvalue weighted by molar-refractivity contribution is 0.0285. The molecular formula is C16H21F2NO3. The van der Waals surface area contributed by atoms with Crippen LogP contribution in [0.5, 0.6) is 5.75 Å². The summed E-state index contributed by atoms with van der Waals surface area (Å²) in [7, 11) is 0. The van der Waals surface area contributed by atoms with Gasteiger partial charge in [0.1, 0.15) is 23.0 Å². The summed E-state index contributed by atoms with van der Waals surface area (Å²) in [5.41, 5.74) is -0.523. The van der Waals surface area contributed by atoms with Crippen LogP contribution in [0.25, 0.3) is 0 Å². The van der Waals surface area contributed by atoms with Gasteiger partial charge in [0.2, 0.25) is 0 Å². The Hall–Kier alpha value is -1.85. The Kier molecular flexibility index (Phi) is 4.88. The normalized spacial score (nSPS) is 18.4. The number of benzene rings is 1. The fraction of sp³-hybridized carbons (Fsp3) is 0.562. The third-order valence-corrected chi connectivity index (χ3v) is 3.26. The molecule has 6 heteroatoms. The summed E-state index contributed by atoms with van der Waals surface area (Å²) in [5.74, 6) is -1.05. The van der Waals surface area contributed by atoms with E-state index in [1.54, 1.807) is 4.90 Å². The second kappa shape index (κ2) is 6.50. The van der Waals surface area contributed by atoms with Gasteiger partial charge < -0.3 is 14.4 Å². The Morgan fingerprint density at radius 1 is 1.27 bits per heavy atom. The SMILES string of the molecule is CC(C)(C)OC(=O)N1CCC(COc2cc(F)cc(F)c2)C1. The molecule has 1 amide bonds. The first kappa shape index (κ1) is 16.5. The first-order valence-corrected chi connectivity index (χ1v) is 7.30. The maximum atomic E-state index is 13.1. The van der Waals surface area contributed by atoms with Crippen LogP contribution < -0.4 is 4.74 Å². The van der Waals surface area contributed by atoms with Crippen molar-refractivity contribution in [2.24, 2.45) is 5.92 Å². The molecule has 1 aliphatic heterocycles. The van der Waals surface area contributed by atoms with Crippen molar-refractivity contribution in [3.63, 3.8) is 0 Å². The standard InChI is InChI=1S/C16H21F2NO3/c1-16(2,3)22-15(20)19-5-4-11(9-19)10-21-14-7-12(17)6-13(18)8-14/h6-8,11H,4-5,9-10H2,1-3H3. The van der Waals surface area contributed by atoms with Crippen LogP contribution in [0.1, 0.15) is 27.2 Å². The summed E-state index contributed by atoms with van der Waals surface area (Å²) in [6.07, 6.45) is 0.434. The van der Waals surface area contributed by atoms with E-state index >= 15 is 0 Å². The van der Waals surface area contributed by atoms with Gasteiger partial charge in [-0.15, -0.1) is 0 Å². The zero-order chi connectivity index (χ0) is 16.3. The molecule has 2 rings (SSSR count). The Labute approximate surface area is 129 Å². The first-order chi connectivity index (χ1) is 10.2. The topological polar surface area (TPSA) is 38.8 Å². The van der Waals surface area contributed by atoms with Gasteiger partial charge >= 0.3 is 6.09 Å². The molecule has 0 aromatic heterocycles. The third-order valence-electron chi connectivity index (χ3n) is 3.26. The summed E-state index contributed by atoms with van der Waals surface area (Å²) < 4.78 is 36.9. The second-order valence-corrected chi connectivity index (χ2v) is 6.50. The highest BCUT2D eigenvalue weighted by molar-refractivity contribution is 5.68. The van der Waals surface area contributed by atoms with E-state index in [1.165, 1.54) is 0 Å². The van der Waals surface area contributed by atoms with Crippen LogP contribution in [0.2, 0.25) is 0 Å². The zero-order valence-corrected chi connectivity index (χ0v) is 13.1. The average molecular weight is 313 g/mol. The molecule has 0 N–H and O–H groups in total. The number of halogens is 2. The number of likely N-dealkylation sites (tertiary alicyclic amines) is 1.